The Morgan fingerprint density at radius 1 is 0.491 bits per heavy atom. The molecule has 4 heterocycles. The van der Waals surface area contributed by atoms with Crippen molar-refractivity contribution < 1.29 is 150 Å². The van der Waals surface area contributed by atoms with Crippen LogP contribution in [-0.4, -0.2) is 373 Å². The van der Waals surface area contributed by atoms with E-state index in [9.17, 15) is 74.4 Å². The van der Waals surface area contributed by atoms with Gasteiger partial charge in [0, 0.05) is 69.3 Å². The van der Waals surface area contributed by atoms with Crippen LogP contribution in [0.15, 0.2) is 6.20 Å². The quantitative estimate of drug-likeness (QED) is 0.0270. The zero-order valence-electron chi connectivity index (χ0n) is 63.7. The van der Waals surface area contributed by atoms with Gasteiger partial charge in [-0.15, -0.1) is 5.10 Å². The van der Waals surface area contributed by atoms with Gasteiger partial charge in [-0.2, -0.15) is 0 Å². The summed E-state index contributed by atoms with van der Waals surface area (Å²) in [6.07, 6.45) is -7.87. The second-order valence-corrected chi connectivity index (χ2v) is 27.1. The number of aliphatic hydroxyl groups is 8. The molecule has 1 saturated carbocycles. The van der Waals surface area contributed by atoms with Crippen LogP contribution in [-0.2, 0) is 122 Å². The van der Waals surface area contributed by atoms with E-state index in [-0.39, 0.29) is 203 Å². The number of rotatable bonds is 62. The van der Waals surface area contributed by atoms with Crippen LogP contribution in [0.4, 0.5) is 0 Å². The van der Waals surface area contributed by atoms with Crippen molar-refractivity contribution in [2.24, 2.45) is 23.5 Å². The van der Waals surface area contributed by atoms with E-state index in [4.69, 9.17) is 81.5 Å². The lowest BCUT2D eigenvalue weighted by Crippen LogP contribution is -2.60. The summed E-state index contributed by atoms with van der Waals surface area (Å²) in [5.74, 6) is -4.97. The molecular formula is C69H122N10O31. The molecule has 110 heavy (non-hydrogen) atoms. The van der Waals surface area contributed by atoms with Crippen LogP contribution in [0.25, 0.3) is 0 Å². The number of ether oxygens (including phenoxy) is 16. The number of nitrogens with zero attached hydrogens (tertiary/aromatic N) is 3. The van der Waals surface area contributed by atoms with Crippen molar-refractivity contribution in [3.8, 4) is 0 Å². The number of amides is 7. The molecule has 1 aliphatic carbocycles. The summed E-state index contributed by atoms with van der Waals surface area (Å²) >= 11 is 0. The molecule has 41 heteroatoms. The Morgan fingerprint density at radius 2 is 0.891 bits per heavy atom. The number of aryl methyl sites for hydroxylation is 1. The summed E-state index contributed by atoms with van der Waals surface area (Å²) in [6, 6.07) is 0. The van der Waals surface area contributed by atoms with Gasteiger partial charge in [0.05, 0.1) is 202 Å². The van der Waals surface area contributed by atoms with Gasteiger partial charge >= 0.3 is 0 Å². The van der Waals surface area contributed by atoms with Gasteiger partial charge in [-0.3, -0.25) is 33.6 Å². The number of aliphatic hydroxyl groups excluding tert-OH is 8. The van der Waals surface area contributed by atoms with E-state index < -0.39 is 164 Å². The first-order chi connectivity index (χ1) is 52.9. The van der Waals surface area contributed by atoms with Crippen molar-refractivity contribution in [1.82, 2.24) is 46.9 Å². The fourth-order valence-electron chi connectivity index (χ4n) is 11.4. The minimum Gasteiger partial charge on any atom is -0.394 e. The normalized spacial score (nSPS) is 25.6. The Balaban J connectivity index is 1.09. The molecule has 3 aliphatic heterocycles. The third kappa shape index (κ3) is 35.9. The van der Waals surface area contributed by atoms with E-state index in [1.807, 2.05) is 6.92 Å². The molecule has 15 atom stereocenters. The summed E-state index contributed by atoms with van der Waals surface area (Å²) in [5.41, 5.74) is 3.50. The number of nitrogens with one attached hydrogen (secondary N) is 6. The Hall–Kier alpha value is -5.53. The molecular weight excluding hydrogens is 1460 g/mol. The molecule has 4 aliphatic rings. The fraction of sp³-hybridized carbons (Fsp3) is 0.870. The van der Waals surface area contributed by atoms with Gasteiger partial charge in [-0.25, -0.2) is 4.68 Å². The van der Waals surface area contributed by atoms with E-state index in [2.05, 4.69) is 42.2 Å². The van der Waals surface area contributed by atoms with Crippen molar-refractivity contribution in [3.05, 3.63) is 11.9 Å². The molecule has 634 valence electrons. The van der Waals surface area contributed by atoms with Crippen molar-refractivity contribution >= 4 is 41.4 Å². The second-order valence-electron chi connectivity index (χ2n) is 27.1. The Morgan fingerprint density at radius 3 is 1.29 bits per heavy atom. The Bertz CT molecular complexity index is 2580. The molecule has 7 amide bonds. The van der Waals surface area contributed by atoms with Crippen molar-refractivity contribution in [1.29, 1.82) is 0 Å². The topological polar surface area (TPSA) is 558 Å². The second kappa shape index (κ2) is 53.5. The Labute approximate surface area is 640 Å². The smallest absolute Gasteiger partial charge is 0.246 e. The van der Waals surface area contributed by atoms with Crippen LogP contribution in [0.1, 0.15) is 84.8 Å². The lowest BCUT2D eigenvalue weighted by molar-refractivity contribution is -0.284. The molecule has 1 aromatic rings. The number of nitrogens with two attached hydrogens (primary N) is 1. The maximum Gasteiger partial charge on any atom is 0.246 e. The third-order valence-corrected chi connectivity index (χ3v) is 18.3. The van der Waals surface area contributed by atoms with Crippen LogP contribution in [0, 0.1) is 17.8 Å². The molecule has 41 nitrogen and oxygen atoms in total. The number of hydrogen-bond donors (Lipinski definition) is 15. The van der Waals surface area contributed by atoms with Gasteiger partial charge < -0.3 is 154 Å². The van der Waals surface area contributed by atoms with E-state index in [0.717, 1.165) is 0 Å². The molecule has 0 radical (unpaired) electrons. The van der Waals surface area contributed by atoms with Gasteiger partial charge in [-0.05, 0) is 32.1 Å². The van der Waals surface area contributed by atoms with Gasteiger partial charge in [0.1, 0.15) is 48.2 Å². The maximum atomic E-state index is 13.9. The lowest BCUT2D eigenvalue weighted by atomic mass is 9.91. The summed E-state index contributed by atoms with van der Waals surface area (Å²) in [5, 5.41) is 105. The minimum atomic E-state index is -1.57. The minimum absolute atomic E-state index is 0.0337. The van der Waals surface area contributed by atoms with E-state index in [1.165, 1.54) is 4.68 Å². The van der Waals surface area contributed by atoms with Crippen molar-refractivity contribution in [2.75, 3.05) is 191 Å². The number of carbonyl (C=O) groups is 7. The van der Waals surface area contributed by atoms with Crippen LogP contribution >= 0.6 is 0 Å². The van der Waals surface area contributed by atoms with E-state index >= 15 is 0 Å². The summed E-state index contributed by atoms with van der Waals surface area (Å²) in [4.78, 5) is 89.9. The number of carbonyl (C=O) groups excluding carboxylic acids is 7. The van der Waals surface area contributed by atoms with Crippen molar-refractivity contribution in [2.45, 2.75) is 177 Å². The molecule has 3 saturated heterocycles. The maximum absolute atomic E-state index is 13.9. The average Bonchev–Trinajstić information content (AvgIpc) is 1.54. The SMILES string of the molecule is CCC1OC(OCCOCCOCCNC(=O)CCOCC(COCCC(=O)NCCOCCOCCOC2OC(CO)C(O)C(O)C2C)(COCCC(=O)NCCOCCOCCOC2OC(CO)C(O)C(O)C2C)NC(=O)CNC(=O)COCCn2cc(CCCC(=O)NC3(C(N)=O)CC3)nn2)C(C)C(O)C1O. The molecule has 0 spiro atoms. The van der Waals surface area contributed by atoms with Crippen LogP contribution in [0.2, 0.25) is 0 Å². The summed E-state index contributed by atoms with van der Waals surface area (Å²) < 4.78 is 92.5. The van der Waals surface area contributed by atoms with Crippen LogP contribution in [0.5, 0.6) is 0 Å². The first-order valence-electron chi connectivity index (χ1n) is 37.7. The number of hydrogen-bond acceptors (Lipinski definition) is 33. The largest absolute Gasteiger partial charge is 0.394 e. The van der Waals surface area contributed by atoms with Gasteiger partial charge in [-0.1, -0.05) is 32.9 Å². The van der Waals surface area contributed by atoms with Gasteiger partial charge in [0.15, 0.2) is 18.9 Å². The molecule has 15 unspecified atom stereocenters. The third-order valence-electron chi connectivity index (χ3n) is 18.3. The highest BCUT2D eigenvalue weighted by molar-refractivity contribution is 5.93. The highest BCUT2D eigenvalue weighted by Gasteiger charge is 2.50. The van der Waals surface area contributed by atoms with E-state index in [1.54, 1.807) is 27.0 Å². The van der Waals surface area contributed by atoms with Gasteiger partial charge in [0.2, 0.25) is 41.4 Å². The number of aromatic nitrogens is 3. The van der Waals surface area contributed by atoms with Gasteiger partial charge in [0.25, 0.3) is 0 Å². The summed E-state index contributed by atoms with van der Waals surface area (Å²) in [6.45, 7) is 6.57. The first-order valence-corrected chi connectivity index (χ1v) is 37.7. The molecule has 0 bridgehead atoms. The molecule has 1 aromatic heterocycles. The zero-order chi connectivity index (χ0) is 80.1. The predicted molar refractivity (Wildman–Crippen MR) is 379 cm³/mol. The van der Waals surface area contributed by atoms with Crippen LogP contribution < -0.4 is 37.6 Å². The molecule has 16 N–H and O–H groups in total. The standard InChI is InChI=1S/C69H122N10O31/c1-5-49-61(91)58(88)45(2)64(108-49)105-34-31-98-28-25-95-21-14-71-52(82)9-18-102-42-68(43-103-19-10-53(83)72-15-22-96-26-29-99-32-35-106-65-46(3)59(89)62(92)50(39-80)109-65,44-104-20-11-54(84)73-16-23-97-27-30-100-33-36-107-66-47(4)60(90)63(93)51(40-81)110-66)75-56(86)37-74-57(87)41-101-24-17-79-38-48(77-78-79)7-6-8-55(85)76-69(12-13-69)67(70)94/h38,45-47,49-51,58-66,80-81,88-93H,5-37,39-44H2,1-4H3,(H2,70,94)(H,71,82)(H,72,83)(H,73,84)(H,74,87)(H,75,86)(H,76,85). The lowest BCUT2D eigenvalue weighted by Gasteiger charge is -2.41. The van der Waals surface area contributed by atoms with Crippen molar-refractivity contribution in [3.63, 3.8) is 0 Å². The molecule has 0 aromatic carbocycles. The highest BCUT2D eigenvalue weighted by Crippen LogP contribution is 2.35. The molecule has 5 rings (SSSR count). The average molecular weight is 1590 g/mol. The summed E-state index contributed by atoms with van der Waals surface area (Å²) in [7, 11) is 0. The Kier molecular flexibility index (Phi) is 46.3. The fourth-order valence-corrected chi connectivity index (χ4v) is 11.4. The van der Waals surface area contributed by atoms with Crippen LogP contribution in [0.3, 0.4) is 0 Å². The highest BCUT2D eigenvalue weighted by atomic mass is 16.7. The molecule has 4 fully saturated rings. The number of primary amides is 1. The zero-order valence-corrected chi connectivity index (χ0v) is 63.7. The first kappa shape index (κ1) is 95.1. The predicted octanol–water partition coefficient (Wildman–Crippen LogP) is -6.92. The van der Waals surface area contributed by atoms with E-state index in [0.29, 0.717) is 37.8 Å². The monoisotopic (exact) mass is 1590 g/mol.